The van der Waals surface area contributed by atoms with Crippen LogP contribution in [-0.4, -0.2) is 6.04 Å². The Labute approximate surface area is 105 Å². The van der Waals surface area contributed by atoms with Crippen LogP contribution in [0.2, 0.25) is 0 Å². The highest BCUT2D eigenvalue weighted by Gasteiger charge is 2.37. The van der Waals surface area contributed by atoms with Gasteiger partial charge in [0.15, 0.2) is 0 Å². The molecule has 1 nitrogen and oxygen atoms in total. The number of rotatable bonds is 6. The van der Waals surface area contributed by atoms with E-state index in [1.54, 1.807) is 0 Å². The van der Waals surface area contributed by atoms with Gasteiger partial charge in [0.1, 0.15) is 0 Å². The van der Waals surface area contributed by atoms with Gasteiger partial charge in [-0.15, -0.1) is 0 Å². The van der Waals surface area contributed by atoms with Crippen molar-refractivity contribution in [1.82, 2.24) is 5.32 Å². The van der Waals surface area contributed by atoms with Crippen molar-refractivity contribution in [3.63, 3.8) is 0 Å². The third-order valence-electron chi connectivity index (χ3n) is 4.28. The van der Waals surface area contributed by atoms with Gasteiger partial charge in [-0.3, -0.25) is 0 Å². The summed E-state index contributed by atoms with van der Waals surface area (Å²) in [4.78, 5) is 0. The van der Waals surface area contributed by atoms with Gasteiger partial charge in [0.05, 0.1) is 0 Å². The van der Waals surface area contributed by atoms with Gasteiger partial charge in [-0.05, 0) is 49.5 Å². The molecule has 0 aliphatic heterocycles. The quantitative estimate of drug-likeness (QED) is 0.779. The van der Waals surface area contributed by atoms with Crippen LogP contribution in [0, 0.1) is 11.8 Å². The fraction of sp³-hybridized carbons (Fsp3) is 0.625. The lowest BCUT2D eigenvalue weighted by Crippen LogP contribution is -2.35. The number of hydrogen-bond donors (Lipinski definition) is 1. The van der Waals surface area contributed by atoms with Crippen molar-refractivity contribution in [3.8, 4) is 0 Å². The minimum atomic E-state index is 0.613. The summed E-state index contributed by atoms with van der Waals surface area (Å²) in [5.74, 6) is 1.86. The lowest BCUT2D eigenvalue weighted by molar-refractivity contribution is 0.365. The molecule has 0 spiro atoms. The molecule has 1 aromatic carbocycles. The van der Waals surface area contributed by atoms with E-state index in [1.165, 1.54) is 37.7 Å². The summed E-state index contributed by atoms with van der Waals surface area (Å²) in [5.41, 5.74) is 1.49. The van der Waals surface area contributed by atoms with Crippen molar-refractivity contribution in [3.05, 3.63) is 35.9 Å². The maximum Gasteiger partial charge on any atom is 0.0351 e. The van der Waals surface area contributed by atoms with Gasteiger partial charge in [0.2, 0.25) is 0 Å². The second-order valence-electron chi connectivity index (χ2n) is 5.74. The summed E-state index contributed by atoms with van der Waals surface area (Å²) in [7, 11) is 0. The van der Waals surface area contributed by atoms with E-state index in [9.17, 15) is 0 Å². The second-order valence-corrected chi connectivity index (χ2v) is 5.74. The summed E-state index contributed by atoms with van der Waals surface area (Å²) in [6.45, 7) is 2.32. The Kier molecular flexibility index (Phi) is 3.19. The average Bonchev–Trinajstić information content (AvgIpc) is 3.24. The molecule has 2 unspecified atom stereocenters. The van der Waals surface area contributed by atoms with E-state index in [-0.39, 0.29) is 0 Å². The van der Waals surface area contributed by atoms with Crippen molar-refractivity contribution in [2.45, 2.75) is 51.1 Å². The van der Waals surface area contributed by atoms with E-state index in [4.69, 9.17) is 0 Å². The molecule has 0 radical (unpaired) electrons. The molecule has 2 atom stereocenters. The predicted octanol–water partition coefficient (Wildman–Crippen LogP) is 3.92. The Hall–Kier alpha value is -0.820. The number of benzene rings is 1. The maximum absolute atomic E-state index is 3.94. The standard InChI is InChI=1S/C16H23N/c1-2-15(12-8-9-12)17-16(14-10-11-14)13-6-4-3-5-7-13/h3-7,12,14-17H,2,8-11H2,1H3. The summed E-state index contributed by atoms with van der Waals surface area (Å²) >= 11 is 0. The molecule has 0 aromatic heterocycles. The number of nitrogens with one attached hydrogen (secondary N) is 1. The van der Waals surface area contributed by atoms with Crippen LogP contribution < -0.4 is 5.32 Å². The molecule has 0 bridgehead atoms. The van der Waals surface area contributed by atoms with Crippen molar-refractivity contribution in [1.29, 1.82) is 0 Å². The molecule has 3 rings (SSSR count). The zero-order chi connectivity index (χ0) is 11.7. The van der Waals surface area contributed by atoms with Gasteiger partial charge >= 0.3 is 0 Å². The van der Waals surface area contributed by atoms with Crippen LogP contribution in [0.15, 0.2) is 30.3 Å². The highest BCUT2D eigenvalue weighted by atomic mass is 15.0. The normalized spacial score (nSPS) is 23.4. The minimum Gasteiger partial charge on any atom is -0.307 e. The molecule has 92 valence electrons. The average molecular weight is 229 g/mol. The third kappa shape index (κ3) is 2.71. The van der Waals surface area contributed by atoms with Crippen LogP contribution in [0.25, 0.3) is 0 Å². The zero-order valence-corrected chi connectivity index (χ0v) is 10.7. The molecule has 0 amide bonds. The Morgan fingerprint density at radius 3 is 2.24 bits per heavy atom. The lowest BCUT2D eigenvalue weighted by Gasteiger charge is -2.25. The predicted molar refractivity (Wildman–Crippen MR) is 71.8 cm³/mol. The lowest BCUT2D eigenvalue weighted by atomic mass is 9.99. The molecule has 2 aliphatic carbocycles. The smallest absolute Gasteiger partial charge is 0.0351 e. The van der Waals surface area contributed by atoms with Gasteiger partial charge < -0.3 is 5.32 Å². The van der Waals surface area contributed by atoms with Gasteiger partial charge in [-0.1, -0.05) is 37.3 Å². The zero-order valence-electron chi connectivity index (χ0n) is 10.7. The second kappa shape index (κ2) is 4.81. The minimum absolute atomic E-state index is 0.613. The van der Waals surface area contributed by atoms with E-state index in [2.05, 4.69) is 42.6 Å². The first kappa shape index (κ1) is 11.3. The van der Waals surface area contributed by atoms with Gasteiger partial charge in [-0.25, -0.2) is 0 Å². The first-order valence-corrected chi connectivity index (χ1v) is 7.19. The first-order valence-electron chi connectivity index (χ1n) is 7.19. The third-order valence-corrected chi connectivity index (χ3v) is 4.28. The summed E-state index contributed by atoms with van der Waals surface area (Å²) in [6, 6.07) is 12.4. The highest BCUT2D eigenvalue weighted by molar-refractivity contribution is 5.21. The Balaban J connectivity index is 1.71. The van der Waals surface area contributed by atoms with Crippen molar-refractivity contribution < 1.29 is 0 Å². The first-order chi connectivity index (χ1) is 8.38. The molecule has 1 heteroatoms. The van der Waals surface area contributed by atoms with Crippen LogP contribution in [0.4, 0.5) is 0 Å². The Morgan fingerprint density at radius 1 is 1.06 bits per heavy atom. The molecule has 0 saturated heterocycles. The van der Waals surface area contributed by atoms with E-state index in [0.29, 0.717) is 6.04 Å². The van der Waals surface area contributed by atoms with Gasteiger partial charge in [0, 0.05) is 12.1 Å². The van der Waals surface area contributed by atoms with Crippen molar-refractivity contribution in [2.75, 3.05) is 0 Å². The molecule has 1 aromatic rings. The van der Waals surface area contributed by atoms with Gasteiger partial charge in [0.25, 0.3) is 0 Å². The van der Waals surface area contributed by atoms with E-state index >= 15 is 0 Å². The molecule has 2 saturated carbocycles. The summed E-state index contributed by atoms with van der Waals surface area (Å²) < 4.78 is 0. The van der Waals surface area contributed by atoms with Crippen LogP contribution in [0.1, 0.15) is 50.6 Å². The topological polar surface area (TPSA) is 12.0 Å². The molecule has 2 fully saturated rings. The van der Waals surface area contributed by atoms with Crippen LogP contribution >= 0.6 is 0 Å². The molecule has 17 heavy (non-hydrogen) atoms. The molecule has 1 N–H and O–H groups in total. The van der Waals surface area contributed by atoms with E-state index in [0.717, 1.165) is 17.9 Å². The SMILES string of the molecule is CCC(NC(c1ccccc1)C1CC1)C1CC1. The van der Waals surface area contributed by atoms with Crippen LogP contribution in [0.3, 0.4) is 0 Å². The summed E-state index contributed by atoms with van der Waals surface area (Å²) in [5, 5.41) is 3.94. The Bertz CT molecular complexity index is 351. The number of hydrogen-bond acceptors (Lipinski definition) is 1. The largest absolute Gasteiger partial charge is 0.307 e. The summed E-state index contributed by atoms with van der Waals surface area (Å²) in [6.07, 6.45) is 6.98. The molecular weight excluding hydrogens is 206 g/mol. The Morgan fingerprint density at radius 2 is 1.71 bits per heavy atom. The molecule has 0 heterocycles. The fourth-order valence-corrected chi connectivity index (χ4v) is 2.91. The van der Waals surface area contributed by atoms with Crippen molar-refractivity contribution in [2.24, 2.45) is 11.8 Å². The van der Waals surface area contributed by atoms with Crippen LogP contribution in [0.5, 0.6) is 0 Å². The molecule has 2 aliphatic rings. The highest BCUT2D eigenvalue weighted by Crippen LogP contribution is 2.43. The monoisotopic (exact) mass is 229 g/mol. The van der Waals surface area contributed by atoms with E-state index < -0.39 is 0 Å². The van der Waals surface area contributed by atoms with Crippen molar-refractivity contribution >= 4 is 0 Å². The van der Waals surface area contributed by atoms with Crippen LogP contribution in [-0.2, 0) is 0 Å². The molecular formula is C16H23N. The van der Waals surface area contributed by atoms with Gasteiger partial charge in [-0.2, -0.15) is 0 Å². The fourth-order valence-electron chi connectivity index (χ4n) is 2.91. The maximum atomic E-state index is 3.94. The van der Waals surface area contributed by atoms with E-state index in [1.807, 2.05) is 0 Å².